The largest absolute Gasteiger partial charge is 0.491 e. The van der Waals surface area contributed by atoms with Crippen LogP contribution >= 0.6 is 0 Å². The van der Waals surface area contributed by atoms with Crippen LogP contribution in [0.25, 0.3) is 0 Å². The summed E-state index contributed by atoms with van der Waals surface area (Å²) in [7, 11) is 0. The lowest BCUT2D eigenvalue weighted by Gasteiger charge is -2.22. The van der Waals surface area contributed by atoms with E-state index in [0.717, 1.165) is 30.9 Å². The molecule has 0 saturated carbocycles. The molecule has 1 unspecified atom stereocenters. The molecule has 32 heavy (non-hydrogen) atoms. The average Bonchev–Trinajstić information content (AvgIpc) is 2.80. The minimum absolute atomic E-state index is 0.0632. The van der Waals surface area contributed by atoms with Crippen molar-refractivity contribution < 1.29 is 38.0 Å². The molecule has 1 amide bonds. The molecule has 1 fully saturated rings. The van der Waals surface area contributed by atoms with Gasteiger partial charge in [0.2, 0.25) is 5.91 Å². The van der Waals surface area contributed by atoms with E-state index in [1.165, 1.54) is 13.3 Å². The maximum Gasteiger partial charge on any atom is 0.221 e. The van der Waals surface area contributed by atoms with Gasteiger partial charge in [-0.15, -0.1) is 0 Å². The van der Waals surface area contributed by atoms with Crippen LogP contribution in [0.15, 0.2) is 24.3 Å². The molecule has 0 aliphatic carbocycles. The van der Waals surface area contributed by atoms with Crippen molar-refractivity contribution in [1.82, 2.24) is 0 Å². The summed E-state index contributed by atoms with van der Waals surface area (Å²) < 4.78 is 38.5. The van der Waals surface area contributed by atoms with E-state index in [2.05, 4.69) is 5.32 Å². The Hall–Kier alpha value is -1.75. The molecule has 0 aromatic heterocycles. The molecule has 1 N–H and O–H groups in total. The second kappa shape index (κ2) is 17.8. The molecular formula is C23H37NO8. The van der Waals surface area contributed by atoms with Gasteiger partial charge in [-0.25, -0.2) is 0 Å². The van der Waals surface area contributed by atoms with Crippen molar-refractivity contribution in [1.29, 1.82) is 0 Å². The molecule has 9 heteroatoms. The summed E-state index contributed by atoms with van der Waals surface area (Å²) >= 11 is 0. The fourth-order valence-corrected chi connectivity index (χ4v) is 2.90. The van der Waals surface area contributed by atoms with E-state index in [1.54, 1.807) is 24.3 Å². The van der Waals surface area contributed by atoms with Crippen molar-refractivity contribution in [3.05, 3.63) is 24.3 Å². The summed E-state index contributed by atoms with van der Waals surface area (Å²) in [5, 5.41) is 2.71. The highest BCUT2D eigenvalue weighted by molar-refractivity contribution is 5.88. The van der Waals surface area contributed by atoms with Crippen molar-refractivity contribution in [3.63, 3.8) is 0 Å². The Balaban J connectivity index is 1.27. The Morgan fingerprint density at radius 1 is 0.844 bits per heavy atom. The maximum absolute atomic E-state index is 11.0. The zero-order valence-corrected chi connectivity index (χ0v) is 19.1. The quantitative estimate of drug-likeness (QED) is 0.338. The third kappa shape index (κ3) is 13.6. The van der Waals surface area contributed by atoms with Crippen LogP contribution in [-0.2, 0) is 33.2 Å². The second-order valence-corrected chi connectivity index (χ2v) is 7.17. The minimum atomic E-state index is -0.100. The highest BCUT2D eigenvalue weighted by Crippen LogP contribution is 2.15. The van der Waals surface area contributed by atoms with Crippen LogP contribution in [0.1, 0.15) is 26.2 Å². The molecule has 1 aliphatic rings. The van der Waals surface area contributed by atoms with E-state index in [9.17, 15) is 4.79 Å². The Morgan fingerprint density at radius 2 is 1.41 bits per heavy atom. The summed E-state index contributed by atoms with van der Waals surface area (Å²) in [6, 6.07) is 7.20. The molecule has 1 atom stereocenters. The van der Waals surface area contributed by atoms with Gasteiger partial charge < -0.3 is 38.5 Å². The van der Waals surface area contributed by atoms with Gasteiger partial charge in [-0.3, -0.25) is 4.79 Å². The number of hydrogen-bond acceptors (Lipinski definition) is 8. The number of rotatable bonds is 18. The van der Waals surface area contributed by atoms with E-state index in [0.29, 0.717) is 66.1 Å². The van der Waals surface area contributed by atoms with Crippen molar-refractivity contribution in [2.45, 2.75) is 32.5 Å². The summed E-state index contributed by atoms with van der Waals surface area (Å²) in [6.45, 7) is 7.38. The third-order valence-electron chi connectivity index (χ3n) is 4.46. The Morgan fingerprint density at radius 3 is 1.94 bits per heavy atom. The first-order valence-electron chi connectivity index (χ1n) is 11.3. The molecular weight excluding hydrogens is 418 g/mol. The van der Waals surface area contributed by atoms with Crippen LogP contribution in [0, 0.1) is 0 Å². The summed E-state index contributed by atoms with van der Waals surface area (Å²) in [4.78, 5) is 11.0. The SMILES string of the molecule is CC(=O)Nc1ccc(OCCOCCOCCOCCOCCOC2CCCCO2)cc1. The number of amides is 1. The van der Waals surface area contributed by atoms with Gasteiger partial charge >= 0.3 is 0 Å². The van der Waals surface area contributed by atoms with Gasteiger partial charge in [0.15, 0.2) is 6.29 Å². The van der Waals surface area contributed by atoms with Crippen LogP contribution in [0.2, 0.25) is 0 Å². The Labute approximate surface area is 190 Å². The first-order chi connectivity index (χ1) is 15.7. The third-order valence-corrected chi connectivity index (χ3v) is 4.46. The normalized spacial score (nSPS) is 16.1. The lowest BCUT2D eigenvalue weighted by atomic mass is 10.2. The molecule has 1 aliphatic heterocycles. The molecule has 2 rings (SSSR count). The smallest absolute Gasteiger partial charge is 0.221 e. The first-order valence-corrected chi connectivity index (χ1v) is 11.3. The van der Waals surface area contributed by atoms with Crippen LogP contribution in [-0.4, -0.2) is 84.9 Å². The predicted octanol–water partition coefficient (Wildman–Crippen LogP) is 2.63. The monoisotopic (exact) mass is 455 g/mol. The van der Waals surface area contributed by atoms with E-state index in [4.69, 9.17) is 33.2 Å². The molecule has 9 nitrogen and oxygen atoms in total. The second-order valence-electron chi connectivity index (χ2n) is 7.17. The summed E-state index contributed by atoms with van der Waals surface area (Å²) in [6.07, 6.45) is 3.20. The first kappa shape index (κ1) is 26.5. The van der Waals surface area contributed by atoms with E-state index in [1.807, 2.05) is 0 Å². The number of benzene rings is 1. The van der Waals surface area contributed by atoms with Crippen molar-refractivity contribution in [2.75, 3.05) is 78.0 Å². The highest BCUT2D eigenvalue weighted by atomic mass is 16.7. The lowest BCUT2D eigenvalue weighted by Crippen LogP contribution is -2.24. The van der Waals surface area contributed by atoms with Gasteiger partial charge in [0.1, 0.15) is 12.4 Å². The maximum atomic E-state index is 11.0. The fourth-order valence-electron chi connectivity index (χ4n) is 2.90. The molecule has 0 spiro atoms. The molecule has 1 saturated heterocycles. The number of anilines is 1. The number of nitrogens with one attached hydrogen (secondary N) is 1. The minimum Gasteiger partial charge on any atom is -0.491 e. The van der Waals surface area contributed by atoms with Crippen molar-refractivity contribution >= 4 is 11.6 Å². The van der Waals surface area contributed by atoms with E-state index < -0.39 is 0 Å². The zero-order chi connectivity index (χ0) is 22.7. The number of hydrogen-bond donors (Lipinski definition) is 1. The average molecular weight is 456 g/mol. The van der Waals surface area contributed by atoms with Crippen LogP contribution in [0.4, 0.5) is 5.69 Å². The lowest BCUT2D eigenvalue weighted by molar-refractivity contribution is -0.169. The standard InChI is InChI=1S/C23H37NO8/c1-20(25)24-21-5-7-22(8-6-21)30-18-16-28-14-12-26-10-11-27-13-15-29-17-19-32-23-4-2-3-9-31-23/h5-8,23H,2-4,9-19H2,1H3,(H,24,25). The fraction of sp³-hybridized carbons (Fsp3) is 0.696. The Kier molecular flexibility index (Phi) is 14.7. The number of ether oxygens (including phenoxy) is 7. The van der Waals surface area contributed by atoms with Crippen molar-refractivity contribution in [2.24, 2.45) is 0 Å². The number of carbonyl (C=O) groups is 1. The van der Waals surface area contributed by atoms with Gasteiger partial charge in [-0.2, -0.15) is 0 Å². The summed E-state index contributed by atoms with van der Waals surface area (Å²) in [5.41, 5.74) is 0.741. The summed E-state index contributed by atoms with van der Waals surface area (Å²) in [5.74, 6) is 0.628. The van der Waals surface area contributed by atoms with Gasteiger partial charge in [0.25, 0.3) is 0 Å². The van der Waals surface area contributed by atoms with Gasteiger partial charge in [-0.1, -0.05) is 0 Å². The van der Waals surface area contributed by atoms with Crippen LogP contribution in [0.3, 0.4) is 0 Å². The molecule has 1 aromatic carbocycles. The zero-order valence-electron chi connectivity index (χ0n) is 19.1. The van der Waals surface area contributed by atoms with E-state index >= 15 is 0 Å². The van der Waals surface area contributed by atoms with Crippen LogP contribution < -0.4 is 10.1 Å². The highest BCUT2D eigenvalue weighted by Gasteiger charge is 2.13. The van der Waals surface area contributed by atoms with E-state index in [-0.39, 0.29) is 12.2 Å². The van der Waals surface area contributed by atoms with Gasteiger partial charge in [0.05, 0.1) is 59.5 Å². The Bertz CT molecular complexity index is 592. The number of carbonyl (C=O) groups excluding carboxylic acids is 1. The molecule has 0 bridgehead atoms. The molecule has 1 aromatic rings. The van der Waals surface area contributed by atoms with Gasteiger partial charge in [-0.05, 0) is 43.5 Å². The molecule has 182 valence electrons. The molecule has 1 heterocycles. The van der Waals surface area contributed by atoms with Gasteiger partial charge in [0, 0.05) is 19.2 Å². The topological polar surface area (TPSA) is 93.7 Å². The predicted molar refractivity (Wildman–Crippen MR) is 119 cm³/mol. The van der Waals surface area contributed by atoms with Crippen molar-refractivity contribution in [3.8, 4) is 5.75 Å². The van der Waals surface area contributed by atoms with Crippen LogP contribution in [0.5, 0.6) is 5.75 Å². The molecule has 0 radical (unpaired) electrons.